The van der Waals surface area contributed by atoms with Gasteiger partial charge in [0.1, 0.15) is 17.3 Å². The second kappa shape index (κ2) is 5.31. The molecule has 0 aliphatic carbocycles. The van der Waals surface area contributed by atoms with E-state index in [1.54, 1.807) is 4.57 Å². The van der Waals surface area contributed by atoms with Crippen molar-refractivity contribution < 1.29 is 15.0 Å². The molecule has 1 aromatic carbocycles. The Morgan fingerprint density at radius 3 is 2.68 bits per heavy atom. The maximum Gasteiger partial charge on any atom is 0.191 e. The van der Waals surface area contributed by atoms with Crippen molar-refractivity contribution in [1.29, 1.82) is 0 Å². The third-order valence-corrected chi connectivity index (χ3v) is 3.69. The van der Waals surface area contributed by atoms with E-state index in [2.05, 4.69) is 10.2 Å². The predicted octanol–water partition coefficient (Wildman–Crippen LogP) is 1.51. The molecule has 1 heterocycles. The molecule has 0 amide bonds. The number of carbonyl (C=O) groups is 1. The quantitative estimate of drug-likeness (QED) is 0.651. The van der Waals surface area contributed by atoms with E-state index in [9.17, 15) is 9.90 Å². The molecule has 100 valence electrons. The van der Waals surface area contributed by atoms with E-state index in [4.69, 9.17) is 5.11 Å². The van der Waals surface area contributed by atoms with Crippen LogP contribution in [0.4, 0.5) is 0 Å². The normalized spacial score (nSPS) is 10.6. The lowest BCUT2D eigenvalue weighted by atomic mass is 10.1. The summed E-state index contributed by atoms with van der Waals surface area (Å²) < 4.78 is 1.79. The average molecular weight is 279 g/mol. The standard InChI is InChI=1S/C12H13N3O3S/c1-7-13-14-12(15(7)2)19-6-11(18)9-4-3-8(16)5-10(9)17/h3-5,16-17H,6H2,1-2H3. The maximum absolute atomic E-state index is 11.9. The van der Waals surface area contributed by atoms with Crippen LogP contribution in [-0.4, -0.2) is 36.5 Å². The maximum atomic E-state index is 11.9. The Hall–Kier alpha value is -2.02. The number of phenolic OH excluding ortho intramolecular Hbond substituents is 2. The van der Waals surface area contributed by atoms with Crippen LogP contribution < -0.4 is 0 Å². The first kappa shape index (κ1) is 13.4. The molecular weight excluding hydrogens is 266 g/mol. The predicted molar refractivity (Wildman–Crippen MR) is 70.6 cm³/mol. The number of Topliss-reactive ketones (excluding diaryl/α,β-unsaturated/α-hetero) is 1. The lowest BCUT2D eigenvalue weighted by molar-refractivity contribution is 0.102. The second-order valence-electron chi connectivity index (χ2n) is 4.00. The fourth-order valence-electron chi connectivity index (χ4n) is 1.48. The van der Waals surface area contributed by atoms with Gasteiger partial charge in [0.15, 0.2) is 10.9 Å². The van der Waals surface area contributed by atoms with Gasteiger partial charge in [-0.1, -0.05) is 11.8 Å². The van der Waals surface area contributed by atoms with E-state index in [1.807, 2.05) is 14.0 Å². The van der Waals surface area contributed by atoms with Crippen molar-refractivity contribution in [2.75, 3.05) is 5.75 Å². The van der Waals surface area contributed by atoms with Gasteiger partial charge in [-0.25, -0.2) is 0 Å². The van der Waals surface area contributed by atoms with Crippen LogP contribution in [0.1, 0.15) is 16.2 Å². The smallest absolute Gasteiger partial charge is 0.191 e. The molecule has 0 fully saturated rings. The Kier molecular flexibility index (Phi) is 3.75. The molecule has 1 aromatic heterocycles. The number of benzene rings is 1. The molecule has 0 saturated carbocycles. The number of phenols is 2. The van der Waals surface area contributed by atoms with Gasteiger partial charge in [-0.3, -0.25) is 4.79 Å². The average Bonchev–Trinajstić information content (AvgIpc) is 2.67. The number of aryl methyl sites for hydroxylation is 1. The molecule has 2 aromatic rings. The Morgan fingerprint density at radius 2 is 2.11 bits per heavy atom. The summed E-state index contributed by atoms with van der Waals surface area (Å²) in [5.74, 6) is 0.376. The molecule has 6 nitrogen and oxygen atoms in total. The van der Waals surface area contributed by atoms with Crippen molar-refractivity contribution in [3.8, 4) is 11.5 Å². The SMILES string of the molecule is Cc1nnc(SCC(=O)c2ccc(O)cc2O)n1C. The molecule has 0 bridgehead atoms. The molecule has 0 radical (unpaired) electrons. The number of aromatic nitrogens is 3. The van der Waals surface area contributed by atoms with Gasteiger partial charge in [0.2, 0.25) is 0 Å². The Morgan fingerprint density at radius 1 is 1.37 bits per heavy atom. The van der Waals surface area contributed by atoms with Crippen LogP contribution in [-0.2, 0) is 7.05 Å². The van der Waals surface area contributed by atoms with Gasteiger partial charge in [-0.05, 0) is 19.1 Å². The molecule has 19 heavy (non-hydrogen) atoms. The molecule has 0 aliphatic rings. The van der Waals surface area contributed by atoms with Gasteiger partial charge >= 0.3 is 0 Å². The van der Waals surface area contributed by atoms with Crippen molar-refractivity contribution in [3.63, 3.8) is 0 Å². The Balaban J connectivity index is 2.07. The summed E-state index contributed by atoms with van der Waals surface area (Å²) in [4.78, 5) is 11.9. The summed E-state index contributed by atoms with van der Waals surface area (Å²) in [6, 6.07) is 3.91. The second-order valence-corrected chi connectivity index (χ2v) is 4.94. The number of carbonyl (C=O) groups excluding carboxylic acids is 1. The van der Waals surface area contributed by atoms with Gasteiger partial charge in [-0.15, -0.1) is 10.2 Å². The summed E-state index contributed by atoms with van der Waals surface area (Å²) in [6.07, 6.45) is 0. The number of nitrogens with zero attached hydrogens (tertiary/aromatic N) is 3. The molecule has 0 aliphatic heterocycles. The van der Waals surface area contributed by atoms with Gasteiger partial charge in [0, 0.05) is 13.1 Å². The molecule has 0 unspecified atom stereocenters. The third kappa shape index (κ3) is 2.87. The highest BCUT2D eigenvalue weighted by atomic mass is 32.2. The minimum Gasteiger partial charge on any atom is -0.508 e. The van der Waals surface area contributed by atoms with Crippen LogP contribution in [0.2, 0.25) is 0 Å². The highest BCUT2D eigenvalue weighted by molar-refractivity contribution is 7.99. The highest BCUT2D eigenvalue weighted by Crippen LogP contribution is 2.25. The highest BCUT2D eigenvalue weighted by Gasteiger charge is 2.14. The summed E-state index contributed by atoms with van der Waals surface area (Å²) in [6.45, 7) is 1.82. The topological polar surface area (TPSA) is 88.2 Å². The fourth-order valence-corrected chi connectivity index (χ4v) is 2.32. The Labute approximate surface area is 114 Å². The number of hydrogen-bond donors (Lipinski definition) is 2. The molecule has 7 heteroatoms. The van der Waals surface area contributed by atoms with Crippen LogP contribution in [0, 0.1) is 6.92 Å². The minimum atomic E-state index is -0.233. The zero-order chi connectivity index (χ0) is 14.0. The van der Waals surface area contributed by atoms with Crippen molar-refractivity contribution in [1.82, 2.24) is 14.8 Å². The monoisotopic (exact) mass is 279 g/mol. The molecule has 0 saturated heterocycles. The van der Waals surface area contributed by atoms with Crippen LogP contribution in [0.3, 0.4) is 0 Å². The van der Waals surface area contributed by atoms with E-state index in [0.29, 0.717) is 5.16 Å². The summed E-state index contributed by atoms with van der Waals surface area (Å²) in [5.41, 5.74) is 0.184. The molecular formula is C12H13N3O3S. The van der Waals surface area contributed by atoms with Gasteiger partial charge in [0.05, 0.1) is 11.3 Å². The lowest BCUT2D eigenvalue weighted by Gasteiger charge is -2.04. The Bertz CT molecular complexity index is 625. The van der Waals surface area contributed by atoms with E-state index in [-0.39, 0.29) is 28.6 Å². The van der Waals surface area contributed by atoms with Crippen LogP contribution in [0.15, 0.2) is 23.4 Å². The molecule has 2 N–H and O–H groups in total. The number of rotatable bonds is 4. The molecule has 0 atom stereocenters. The zero-order valence-corrected chi connectivity index (χ0v) is 11.3. The van der Waals surface area contributed by atoms with Gasteiger partial charge in [0.25, 0.3) is 0 Å². The van der Waals surface area contributed by atoms with Crippen molar-refractivity contribution in [2.45, 2.75) is 12.1 Å². The van der Waals surface area contributed by atoms with Crippen molar-refractivity contribution >= 4 is 17.5 Å². The van der Waals surface area contributed by atoms with E-state index < -0.39 is 0 Å². The molecule has 2 rings (SSSR count). The van der Waals surface area contributed by atoms with Gasteiger partial charge < -0.3 is 14.8 Å². The van der Waals surface area contributed by atoms with E-state index in [0.717, 1.165) is 11.9 Å². The van der Waals surface area contributed by atoms with Crippen molar-refractivity contribution in [2.24, 2.45) is 7.05 Å². The lowest BCUT2D eigenvalue weighted by Crippen LogP contribution is -2.04. The van der Waals surface area contributed by atoms with Crippen molar-refractivity contribution in [3.05, 3.63) is 29.6 Å². The van der Waals surface area contributed by atoms with E-state index >= 15 is 0 Å². The first-order valence-corrected chi connectivity index (χ1v) is 6.51. The summed E-state index contributed by atoms with van der Waals surface area (Å²) >= 11 is 1.25. The number of aromatic hydroxyl groups is 2. The minimum absolute atomic E-state index is 0.0781. The van der Waals surface area contributed by atoms with Crippen LogP contribution >= 0.6 is 11.8 Å². The summed E-state index contributed by atoms with van der Waals surface area (Å²) in [5, 5.41) is 27.2. The van der Waals surface area contributed by atoms with E-state index in [1.165, 1.54) is 23.9 Å². The zero-order valence-electron chi connectivity index (χ0n) is 10.5. The number of thioether (sulfide) groups is 1. The first-order valence-electron chi connectivity index (χ1n) is 5.53. The van der Waals surface area contributed by atoms with Crippen LogP contribution in [0.25, 0.3) is 0 Å². The third-order valence-electron chi connectivity index (χ3n) is 2.67. The van der Waals surface area contributed by atoms with Crippen LogP contribution in [0.5, 0.6) is 11.5 Å². The van der Waals surface area contributed by atoms with Gasteiger partial charge in [-0.2, -0.15) is 0 Å². The molecule has 0 spiro atoms. The number of ketones is 1. The summed E-state index contributed by atoms with van der Waals surface area (Å²) in [7, 11) is 1.82. The largest absolute Gasteiger partial charge is 0.508 e. The fraction of sp³-hybridized carbons (Fsp3) is 0.250. The number of hydrogen-bond acceptors (Lipinski definition) is 6. The first-order chi connectivity index (χ1) is 8.99.